The van der Waals surface area contributed by atoms with Gasteiger partial charge in [-0.3, -0.25) is 4.79 Å². The number of aromatic nitrogens is 3. The summed E-state index contributed by atoms with van der Waals surface area (Å²) in [6, 6.07) is 2.80. The SMILES string of the molecule is Cc1cc(-c2ncnc3c(C(=O)N[C@@H]4CCNC[C@@H]4O)c(C)[nH]c23)c(OCC2CC2)cc1F. The van der Waals surface area contributed by atoms with E-state index in [4.69, 9.17) is 4.74 Å². The van der Waals surface area contributed by atoms with Gasteiger partial charge >= 0.3 is 0 Å². The quantitative estimate of drug-likeness (QED) is 0.457. The van der Waals surface area contributed by atoms with E-state index in [2.05, 4.69) is 25.6 Å². The third-order valence-electron chi connectivity index (χ3n) is 6.45. The Balaban J connectivity index is 1.53. The lowest BCUT2D eigenvalue weighted by Gasteiger charge is -2.29. The molecule has 1 aliphatic heterocycles. The van der Waals surface area contributed by atoms with E-state index in [1.807, 2.05) is 0 Å². The number of aryl methyl sites for hydroxylation is 2. The fraction of sp³-hybridized carbons (Fsp3) is 0.458. The molecule has 0 bridgehead atoms. The van der Waals surface area contributed by atoms with Crippen LogP contribution in [-0.2, 0) is 0 Å². The first-order valence-corrected chi connectivity index (χ1v) is 11.4. The second-order valence-electron chi connectivity index (χ2n) is 9.06. The van der Waals surface area contributed by atoms with Crippen LogP contribution in [0, 0.1) is 25.6 Å². The van der Waals surface area contributed by atoms with E-state index in [9.17, 15) is 14.3 Å². The van der Waals surface area contributed by atoms with Crippen LogP contribution in [0.2, 0.25) is 0 Å². The molecule has 2 aromatic heterocycles. The van der Waals surface area contributed by atoms with Gasteiger partial charge in [-0.2, -0.15) is 0 Å². The van der Waals surface area contributed by atoms with Gasteiger partial charge in [-0.05, 0) is 57.2 Å². The van der Waals surface area contributed by atoms with Crippen molar-refractivity contribution in [2.75, 3.05) is 19.7 Å². The van der Waals surface area contributed by atoms with Crippen molar-refractivity contribution < 1.29 is 19.0 Å². The largest absolute Gasteiger partial charge is 0.492 e. The van der Waals surface area contributed by atoms with E-state index in [1.54, 1.807) is 19.9 Å². The molecule has 2 aliphatic rings. The number of carbonyl (C=O) groups excluding carboxylic acids is 1. The first-order chi connectivity index (χ1) is 15.9. The summed E-state index contributed by atoms with van der Waals surface area (Å²) in [6.07, 6.45) is 3.66. The number of carbonyl (C=O) groups is 1. The second kappa shape index (κ2) is 8.72. The number of rotatable bonds is 6. The third kappa shape index (κ3) is 4.30. The Morgan fingerprint density at radius 3 is 2.85 bits per heavy atom. The molecule has 3 aromatic rings. The molecule has 174 valence electrons. The zero-order chi connectivity index (χ0) is 23.1. The highest BCUT2D eigenvalue weighted by Gasteiger charge is 2.28. The molecular formula is C24H28FN5O3. The van der Waals surface area contributed by atoms with Crippen molar-refractivity contribution >= 4 is 16.9 Å². The van der Waals surface area contributed by atoms with Crippen molar-refractivity contribution in [3.8, 4) is 17.0 Å². The van der Waals surface area contributed by atoms with Gasteiger partial charge in [-0.1, -0.05) is 0 Å². The Morgan fingerprint density at radius 1 is 1.27 bits per heavy atom. The smallest absolute Gasteiger partial charge is 0.255 e. The summed E-state index contributed by atoms with van der Waals surface area (Å²) >= 11 is 0. The van der Waals surface area contributed by atoms with Crippen LogP contribution < -0.4 is 15.4 Å². The highest BCUT2D eigenvalue weighted by Crippen LogP contribution is 2.37. The molecule has 0 radical (unpaired) electrons. The molecule has 1 amide bonds. The van der Waals surface area contributed by atoms with E-state index >= 15 is 0 Å². The summed E-state index contributed by atoms with van der Waals surface area (Å²) < 4.78 is 20.3. The molecule has 1 aliphatic carbocycles. The summed E-state index contributed by atoms with van der Waals surface area (Å²) in [6.45, 7) is 5.22. The summed E-state index contributed by atoms with van der Waals surface area (Å²) in [4.78, 5) is 25.3. The van der Waals surface area contributed by atoms with Crippen molar-refractivity contribution in [3.05, 3.63) is 41.1 Å². The number of nitrogens with zero attached hydrogens (tertiary/aromatic N) is 2. The standard InChI is InChI=1S/C24H28FN5O3/c1-12-7-15(19(8-16(12)25)33-10-14-3-4-14)21-23-22(28-11-27-21)20(13(2)29-23)24(32)30-17-5-6-26-9-18(17)31/h7-8,11,14,17-18,26,29,31H,3-6,9-10H2,1-2H3,(H,30,32)/t17-,18+/m1/s1. The van der Waals surface area contributed by atoms with E-state index < -0.39 is 6.10 Å². The van der Waals surface area contributed by atoms with Gasteiger partial charge < -0.3 is 25.5 Å². The molecule has 0 spiro atoms. The van der Waals surface area contributed by atoms with Gasteiger partial charge in [0.2, 0.25) is 0 Å². The zero-order valence-corrected chi connectivity index (χ0v) is 18.7. The number of nitrogens with one attached hydrogen (secondary N) is 3. The normalized spacial score (nSPS) is 20.7. The van der Waals surface area contributed by atoms with Crippen molar-refractivity contribution in [2.45, 2.75) is 45.3 Å². The average molecular weight is 454 g/mol. The number of aromatic amines is 1. The lowest BCUT2D eigenvalue weighted by molar-refractivity contribution is 0.0766. The van der Waals surface area contributed by atoms with Crippen LogP contribution in [0.15, 0.2) is 18.5 Å². The number of amides is 1. The molecule has 1 saturated carbocycles. The van der Waals surface area contributed by atoms with Crippen LogP contribution in [0.4, 0.5) is 4.39 Å². The van der Waals surface area contributed by atoms with Gasteiger partial charge in [0.25, 0.3) is 5.91 Å². The number of piperidine rings is 1. The minimum Gasteiger partial charge on any atom is -0.492 e. The molecule has 33 heavy (non-hydrogen) atoms. The minimum atomic E-state index is -0.647. The Labute approximate surface area is 191 Å². The van der Waals surface area contributed by atoms with Crippen LogP contribution in [0.25, 0.3) is 22.3 Å². The van der Waals surface area contributed by atoms with Crippen LogP contribution in [0.5, 0.6) is 5.75 Å². The first kappa shape index (κ1) is 21.8. The fourth-order valence-electron chi connectivity index (χ4n) is 4.31. The topological polar surface area (TPSA) is 112 Å². The number of halogens is 1. The molecular weight excluding hydrogens is 425 g/mol. The van der Waals surface area contributed by atoms with Crippen LogP contribution in [0.3, 0.4) is 0 Å². The van der Waals surface area contributed by atoms with Gasteiger partial charge in [-0.25, -0.2) is 14.4 Å². The monoisotopic (exact) mass is 453 g/mol. The Kier molecular flexibility index (Phi) is 5.76. The third-order valence-corrected chi connectivity index (χ3v) is 6.45. The van der Waals surface area contributed by atoms with Gasteiger partial charge in [0.05, 0.1) is 29.8 Å². The number of hydrogen-bond donors (Lipinski definition) is 4. The first-order valence-electron chi connectivity index (χ1n) is 11.4. The highest BCUT2D eigenvalue weighted by molar-refractivity contribution is 6.09. The zero-order valence-electron chi connectivity index (χ0n) is 18.7. The highest BCUT2D eigenvalue weighted by atomic mass is 19.1. The maximum atomic E-state index is 14.4. The van der Waals surface area contributed by atoms with E-state index in [-0.39, 0.29) is 17.8 Å². The molecule has 1 aromatic carbocycles. The molecule has 0 unspecified atom stereocenters. The molecule has 3 heterocycles. The number of aliphatic hydroxyl groups is 1. The maximum absolute atomic E-state index is 14.4. The molecule has 5 rings (SSSR count). The lowest BCUT2D eigenvalue weighted by atomic mass is 10.0. The van der Waals surface area contributed by atoms with Gasteiger partial charge in [0.1, 0.15) is 29.1 Å². The maximum Gasteiger partial charge on any atom is 0.255 e. The summed E-state index contributed by atoms with van der Waals surface area (Å²) in [7, 11) is 0. The number of β-amino-alcohol motifs (C(OH)–C–C–N with tert-alkyl or cyclic N) is 1. The van der Waals surface area contributed by atoms with E-state index in [1.165, 1.54) is 12.4 Å². The Bertz CT molecular complexity index is 1210. The molecule has 8 nitrogen and oxygen atoms in total. The molecule has 9 heteroatoms. The van der Waals surface area contributed by atoms with Crippen molar-refractivity contribution in [3.63, 3.8) is 0 Å². The predicted molar refractivity (Wildman–Crippen MR) is 122 cm³/mol. The van der Waals surface area contributed by atoms with Crippen LogP contribution in [-0.4, -0.2) is 57.8 Å². The van der Waals surface area contributed by atoms with Gasteiger partial charge in [-0.15, -0.1) is 0 Å². The molecule has 4 N–H and O–H groups in total. The van der Waals surface area contributed by atoms with Crippen LogP contribution in [0.1, 0.15) is 40.9 Å². The Hall–Kier alpha value is -3.04. The van der Waals surface area contributed by atoms with E-state index in [0.29, 0.717) is 70.4 Å². The number of fused-ring (bicyclic) bond motifs is 1. The minimum absolute atomic E-state index is 0.296. The number of H-pyrrole nitrogens is 1. The molecule has 1 saturated heterocycles. The molecule has 2 fully saturated rings. The van der Waals surface area contributed by atoms with Crippen molar-refractivity contribution in [1.29, 1.82) is 0 Å². The van der Waals surface area contributed by atoms with Crippen molar-refractivity contribution in [1.82, 2.24) is 25.6 Å². The number of ether oxygens (including phenoxy) is 1. The number of hydrogen-bond acceptors (Lipinski definition) is 6. The van der Waals surface area contributed by atoms with Gasteiger partial charge in [0, 0.05) is 23.9 Å². The lowest BCUT2D eigenvalue weighted by Crippen LogP contribution is -2.52. The van der Waals surface area contributed by atoms with Gasteiger partial charge in [0.15, 0.2) is 0 Å². The number of benzene rings is 1. The molecule has 2 atom stereocenters. The summed E-state index contributed by atoms with van der Waals surface area (Å²) in [5, 5.41) is 16.3. The summed E-state index contributed by atoms with van der Waals surface area (Å²) in [5.74, 6) is 0.315. The Morgan fingerprint density at radius 2 is 2.09 bits per heavy atom. The predicted octanol–water partition coefficient (Wildman–Crippen LogP) is 2.62. The number of aliphatic hydroxyl groups excluding tert-OH is 1. The van der Waals surface area contributed by atoms with E-state index in [0.717, 1.165) is 19.4 Å². The average Bonchev–Trinajstić information content (AvgIpc) is 3.55. The fourth-order valence-corrected chi connectivity index (χ4v) is 4.31. The van der Waals surface area contributed by atoms with Crippen molar-refractivity contribution in [2.24, 2.45) is 5.92 Å². The summed E-state index contributed by atoms with van der Waals surface area (Å²) in [5.41, 5.74) is 3.83. The second-order valence-corrected chi connectivity index (χ2v) is 9.06. The van der Waals surface area contributed by atoms with Crippen LogP contribution >= 0.6 is 0 Å².